The van der Waals surface area contributed by atoms with Crippen LogP contribution in [0.5, 0.6) is 0 Å². The molecule has 94 valence electrons. The first kappa shape index (κ1) is 12.6. The summed E-state index contributed by atoms with van der Waals surface area (Å²) in [6.45, 7) is 6.76. The quantitative estimate of drug-likeness (QED) is 0.818. The van der Waals surface area contributed by atoms with Gasteiger partial charge in [-0.25, -0.2) is 0 Å². The van der Waals surface area contributed by atoms with Gasteiger partial charge in [-0.3, -0.25) is 0 Å². The van der Waals surface area contributed by atoms with Gasteiger partial charge in [-0.1, -0.05) is 42.7 Å². The Kier molecular flexibility index (Phi) is 4.22. The Labute approximate surface area is 106 Å². The molecule has 0 radical (unpaired) electrons. The number of nitrogens with one attached hydrogen (secondary N) is 1. The van der Waals surface area contributed by atoms with Crippen molar-refractivity contribution in [3.63, 3.8) is 0 Å². The molecule has 1 aliphatic carbocycles. The summed E-state index contributed by atoms with van der Waals surface area (Å²) in [6.07, 6.45) is 5.68. The van der Waals surface area contributed by atoms with Crippen molar-refractivity contribution < 1.29 is 0 Å². The van der Waals surface area contributed by atoms with Gasteiger partial charge in [0.2, 0.25) is 0 Å². The van der Waals surface area contributed by atoms with Crippen LogP contribution in [0.4, 0.5) is 0 Å². The Morgan fingerprint density at radius 2 is 1.65 bits per heavy atom. The monoisotopic (exact) mass is 231 g/mol. The summed E-state index contributed by atoms with van der Waals surface area (Å²) in [7, 11) is 0. The van der Waals surface area contributed by atoms with Crippen molar-refractivity contribution in [2.24, 2.45) is 5.92 Å². The second-order valence-corrected chi connectivity index (χ2v) is 5.63. The van der Waals surface area contributed by atoms with Crippen LogP contribution in [-0.2, 0) is 0 Å². The molecule has 0 saturated heterocycles. The SMILES string of the molecule is Cc1ccc([C@H](C)NC(C)C2CCCC2)cc1. The van der Waals surface area contributed by atoms with E-state index in [0.29, 0.717) is 12.1 Å². The first-order valence-electron chi connectivity index (χ1n) is 6.99. The molecule has 1 N–H and O–H groups in total. The van der Waals surface area contributed by atoms with Crippen molar-refractivity contribution in [1.29, 1.82) is 0 Å². The molecule has 1 nitrogen and oxygen atoms in total. The molecule has 1 heteroatoms. The molecule has 0 spiro atoms. The molecule has 0 aromatic heterocycles. The predicted octanol–water partition coefficient (Wildman–Crippen LogP) is 4.22. The molecule has 0 heterocycles. The Balaban J connectivity index is 1.91. The summed E-state index contributed by atoms with van der Waals surface area (Å²) >= 11 is 0. The van der Waals surface area contributed by atoms with E-state index in [0.717, 1.165) is 5.92 Å². The van der Waals surface area contributed by atoms with E-state index in [4.69, 9.17) is 0 Å². The molecule has 2 rings (SSSR count). The minimum Gasteiger partial charge on any atom is -0.307 e. The first-order valence-corrected chi connectivity index (χ1v) is 6.99. The van der Waals surface area contributed by atoms with Gasteiger partial charge in [0, 0.05) is 12.1 Å². The first-order chi connectivity index (χ1) is 8.16. The molecule has 1 aromatic carbocycles. The summed E-state index contributed by atoms with van der Waals surface area (Å²) in [5.74, 6) is 0.892. The number of aryl methyl sites for hydroxylation is 1. The van der Waals surface area contributed by atoms with Crippen molar-refractivity contribution in [2.45, 2.75) is 58.5 Å². The van der Waals surface area contributed by atoms with Gasteiger partial charge in [-0.05, 0) is 45.1 Å². The van der Waals surface area contributed by atoms with Crippen LogP contribution in [0.25, 0.3) is 0 Å². The van der Waals surface area contributed by atoms with Crippen LogP contribution in [0.1, 0.15) is 56.7 Å². The summed E-state index contributed by atoms with van der Waals surface area (Å²) in [5.41, 5.74) is 2.74. The lowest BCUT2D eigenvalue weighted by Crippen LogP contribution is -2.34. The molecule has 1 aliphatic rings. The zero-order valence-corrected chi connectivity index (χ0v) is 11.4. The summed E-state index contributed by atoms with van der Waals surface area (Å²) in [4.78, 5) is 0. The minimum absolute atomic E-state index is 0.464. The molecule has 0 aliphatic heterocycles. The topological polar surface area (TPSA) is 12.0 Å². The predicted molar refractivity (Wildman–Crippen MR) is 74.1 cm³/mol. The summed E-state index contributed by atoms with van der Waals surface area (Å²) in [6, 6.07) is 10.0. The fourth-order valence-corrected chi connectivity index (χ4v) is 2.94. The lowest BCUT2D eigenvalue weighted by molar-refractivity contribution is 0.352. The van der Waals surface area contributed by atoms with Gasteiger partial charge >= 0.3 is 0 Å². The molecule has 1 saturated carbocycles. The number of rotatable bonds is 4. The third-order valence-corrected chi connectivity index (χ3v) is 4.20. The number of hydrogen-bond acceptors (Lipinski definition) is 1. The zero-order chi connectivity index (χ0) is 12.3. The van der Waals surface area contributed by atoms with E-state index >= 15 is 0 Å². The second-order valence-electron chi connectivity index (χ2n) is 5.63. The zero-order valence-electron chi connectivity index (χ0n) is 11.4. The highest BCUT2D eigenvalue weighted by atomic mass is 14.9. The molecule has 2 atom stereocenters. The van der Waals surface area contributed by atoms with Gasteiger partial charge in [-0.2, -0.15) is 0 Å². The van der Waals surface area contributed by atoms with E-state index in [9.17, 15) is 0 Å². The lowest BCUT2D eigenvalue weighted by Gasteiger charge is -2.25. The number of benzene rings is 1. The molecule has 0 amide bonds. The maximum absolute atomic E-state index is 3.76. The van der Waals surface area contributed by atoms with Crippen molar-refractivity contribution in [3.05, 3.63) is 35.4 Å². The van der Waals surface area contributed by atoms with Crippen LogP contribution in [0.3, 0.4) is 0 Å². The molecule has 1 aromatic rings. The highest BCUT2D eigenvalue weighted by molar-refractivity contribution is 5.23. The minimum atomic E-state index is 0.464. The van der Waals surface area contributed by atoms with Crippen LogP contribution >= 0.6 is 0 Å². The van der Waals surface area contributed by atoms with Crippen LogP contribution in [0.2, 0.25) is 0 Å². The Hall–Kier alpha value is -0.820. The maximum atomic E-state index is 3.76. The molecule has 1 fully saturated rings. The smallest absolute Gasteiger partial charge is 0.0294 e. The van der Waals surface area contributed by atoms with Crippen molar-refractivity contribution in [1.82, 2.24) is 5.32 Å². The summed E-state index contributed by atoms with van der Waals surface area (Å²) < 4.78 is 0. The lowest BCUT2D eigenvalue weighted by atomic mass is 9.97. The molecular weight excluding hydrogens is 206 g/mol. The van der Waals surface area contributed by atoms with E-state index < -0.39 is 0 Å². The third-order valence-electron chi connectivity index (χ3n) is 4.20. The number of hydrogen-bond donors (Lipinski definition) is 1. The summed E-state index contributed by atoms with van der Waals surface area (Å²) in [5, 5.41) is 3.76. The molecule has 0 bridgehead atoms. The van der Waals surface area contributed by atoms with Crippen LogP contribution < -0.4 is 5.32 Å². The van der Waals surface area contributed by atoms with E-state index in [1.165, 1.54) is 36.8 Å². The van der Waals surface area contributed by atoms with E-state index in [1.54, 1.807) is 0 Å². The van der Waals surface area contributed by atoms with Crippen molar-refractivity contribution in [2.75, 3.05) is 0 Å². The normalized spacial score (nSPS) is 20.4. The van der Waals surface area contributed by atoms with Crippen LogP contribution in [0.15, 0.2) is 24.3 Å². The standard InChI is InChI=1S/C16H25N/c1-12-8-10-16(11-9-12)14(3)17-13(2)15-6-4-5-7-15/h8-11,13-15,17H,4-7H2,1-3H3/t13?,14-/m0/s1. The highest BCUT2D eigenvalue weighted by Gasteiger charge is 2.22. The van der Waals surface area contributed by atoms with Gasteiger partial charge in [0.15, 0.2) is 0 Å². The second kappa shape index (κ2) is 5.68. The average Bonchev–Trinajstić information content (AvgIpc) is 2.83. The largest absolute Gasteiger partial charge is 0.307 e. The maximum Gasteiger partial charge on any atom is 0.0294 e. The Bertz CT molecular complexity index is 335. The van der Waals surface area contributed by atoms with Gasteiger partial charge in [0.05, 0.1) is 0 Å². The fourth-order valence-electron chi connectivity index (χ4n) is 2.94. The van der Waals surface area contributed by atoms with Crippen molar-refractivity contribution in [3.8, 4) is 0 Å². The van der Waals surface area contributed by atoms with Gasteiger partial charge in [-0.15, -0.1) is 0 Å². The third kappa shape index (κ3) is 3.32. The van der Waals surface area contributed by atoms with Gasteiger partial charge in [0.1, 0.15) is 0 Å². The van der Waals surface area contributed by atoms with E-state index in [2.05, 4.69) is 50.4 Å². The molecule has 17 heavy (non-hydrogen) atoms. The Morgan fingerprint density at radius 1 is 1.06 bits per heavy atom. The Morgan fingerprint density at radius 3 is 2.24 bits per heavy atom. The van der Waals surface area contributed by atoms with Crippen molar-refractivity contribution >= 4 is 0 Å². The van der Waals surface area contributed by atoms with Crippen LogP contribution in [0, 0.1) is 12.8 Å². The fraction of sp³-hybridized carbons (Fsp3) is 0.625. The van der Waals surface area contributed by atoms with E-state index in [1.807, 2.05) is 0 Å². The average molecular weight is 231 g/mol. The van der Waals surface area contributed by atoms with Gasteiger partial charge < -0.3 is 5.32 Å². The highest BCUT2D eigenvalue weighted by Crippen LogP contribution is 2.28. The molecule has 1 unspecified atom stereocenters. The van der Waals surface area contributed by atoms with Crippen LogP contribution in [-0.4, -0.2) is 6.04 Å². The molecular formula is C16H25N. The van der Waals surface area contributed by atoms with Gasteiger partial charge in [0.25, 0.3) is 0 Å². The van der Waals surface area contributed by atoms with E-state index in [-0.39, 0.29) is 0 Å².